The summed E-state index contributed by atoms with van der Waals surface area (Å²) in [5, 5.41) is 3.57. The summed E-state index contributed by atoms with van der Waals surface area (Å²) in [7, 11) is 0. The number of hydrogen-bond acceptors (Lipinski definition) is 3. The number of hydrogen-bond donors (Lipinski definition) is 1. The Morgan fingerprint density at radius 1 is 1.29 bits per heavy atom. The van der Waals surface area contributed by atoms with Gasteiger partial charge in [-0.1, -0.05) is 6.92 Å². The van der Waals surface area contributed by atoms with Gasteiger partial charge in [0.25, 0.3) is 0 Å². The molecule has 0 amide bonds. The quantitative estimate of drug-likeness (QED) is 0.914. The van der Waals surface area contributed by atoms with Gasteiger partial charge in [-0.2, -0.15) is 0 Å². The largest absolute Gasteiger partial charge is 0.354 e. The molecule has 0 bridgehead atoms. The van der Waals surface area contributed by atoms with Crippen molar-refractivity contribution in [3.63, 3.8) is 0 Å². The minimum Gasteiger partial charge on any atom is -0.354 e. The maximum absolute atomic E-state index is 4.78. The van der Waals surface area contributed by atoms with E-state index in [2.05, 4.69) is 63.9 Å². The molecule has 1 fully saturated rings. The van der Waals surface area contributed by atoms with Gasteiger partial charge in [0.1, 0.15) is 5.82 Å². The fourth-order valence-corrected chi connectivity index (χ4v) is 3.00. The first-order chi connectivity index (χ1) is 9.76. The minimum atomic E-state index is 0.143. The van der Waals surface area contributed by atoms with E-state index in [1.54, 1.807) is 0 Å². The monoisotopic (exact) mass is 289 g/mol. The van der Waals surface area contributed by atoms with Crippen LogP contribution in [0.1, 0.15) is 58.7 Å². The molecule has 0 saturated carbocycles. The first-order valence-electron chi connectivity index (χ1n) is 8.25. The summed E-state index contributed by atoms with van der Waals surface area (Å²) < 4.78 is 0. The predicted octanol–water partition coefficient (Wildman–Crippen LogP) is 3.90. The van der Waals surface area contributed by atoms with Crippen LogP contribution in [0.5, 0.6) is 0 Å². The maximum atomic E-state index is 4.78. The Balaban J connectivity index is 2.18. The van der Waals surface area contributed by atoms with Crippen molar-refractivity contribution in [3.05, 3.63) is 23.4 Å². The lowest BCUT2D eigenvalue weighted by Crippen LogP contribution is -2.43. The highest BCUT2D eigenvalue weighted by Crippen LogP contribution is 2.28. The van der Waals surface area contributed by atoms with Gasteiger partial charge in [-0.15, -0.1) is 0 Å². The molecule has 1 aliphatic rings. The van der Waals surface area contributed by atoms with Gasteiger partial charge in [-0.25, -0.2) is 4.98 Å². The highest BCUT2D eigenvalue weighted by molar-refractivity contribution is 5.44. The van der Waals surface area contributed by atoms with E-state index in [9.17, 15) is 0 Å². The molecule has 1 aliphatic heterocycles. The number of nitrogens with one attached hydrogen (secondary N) is 1. The van der Waals surface area contributed by atoms with Crippen molar-refractivity contribution in [1.82, 2.24) is 10.3 Å². The third kappa shape index (κ3) is 4.44. The van der Waals surface area contributed by atoms with Crippen LogP contribution in [0.3, 0.4) is 0 Å². The lowest BCUT2D eigenvalue weighted by atomic mass is 9.92. The average Bonchev–Trinajstić information content (AvgIpc) is 2.38. The summed E-state index contributed by atoms with van der Waals surface area (Å²) in [5.41, 5.74) is 2.59. The number of anilines is 1. The molecule has 0 aliphatic carbocycles. The predicted molar refractivity (Wildman–Crippen MR) is 90.8 cm³/mol. The van der Waals surface area contributed by atoms with Gasteiger partial charge in [0.05, 0.1) is 0 Å². The Hall–Kier alpha value is -1.09. The SMILES string of the molecule is Cc1cc(CNC(C)(C)C)cc(N2CCCC(C)C2C)n1. The summed E-state index contributed by atoms with van der Waals surface area (Å²) in [4.78, 5) is 7.27. The Morgan fingerprint density at radius 2 is 2.00 bits per heavy atom. The fraction of sp³-hybridized carbons (Fsp3) is 0.722. The molecule has 2 rings (SSSR count). The number of piperidine rings is 1. The Bertz CT molecular complexity index is 476. The number of aryl methyl sites for hydroxylation is 1. The van der Waals surface area contributed by atoms with Gasteiger partial charge in [0, 0.05) is 30.4 Å². The molecule has 0 radical (unpaired) electrons. The van der Waals surface area contributed by atoms with Crippen LogP contribution < -0.4 is 10.2 Å². The molecule has 2 atom stereocenters. The summed E-state index contributed by atoms with van der Waals surface area (Å²) >= 11 is 0. The summed E-state index contributed by atoms with van der Waals surface area (Å²) in [6.45, 7) is 15.4. The van der Waals surface area contributed by atoms with Crippen LogP contribution in [0.15, 0.2) is 12.1 Å². The molecule has 118 valence electrons. The van der Waals surface area contributed by atoms with Crippen molar-refractivity contribution in [3.8, 4) is 0 Å². The first-order valence-corrected chi connectivity index (χ1v) is 8.25. The highest BCUT2D eigenvalue weighted by Gasteiger charge is 2.26. The van der Waals surface area contributed by atoms with E-state index in [1.807, 2.05) is 0 Å². The lowest BCUT2D eigenvalue weighted by Gasteiger charge is -2.39. The molecule has 2 unspecified atom stereocenters. The summed E-state index contributed by atoms with van der Waals surface area (Å²) in [6.07, 6.45) is 2.61. The molecule has 3 nitrogen and oxygen atoms in total. The smallest absolute Gasteiger partial charge is 0.129 e. The first kappa shape index (κ1) is 16.3. The van der Waals surface area contributed by atoms with Crippen molar-refractivity contribution < 1.29 is 0 Å². The van der Waals surface area contributed by atoms with Crippen LogP contribution in [0.25, 0.3) is 0 Å². The normalized spacial score (nSPS) is 23.4. The molecule has 1 N–H and O–H groups in total. The second kappa shape index (κ2) is 6.35. The topological polar surface area (TPSA) is 28.2 Å². The molecular formula is C18H31N3. The molecule has 1 saturated heterocycles. The van der Waals surface area contributed by atoms with Crippen LogP contribution in [0.4, 0.5) is 5.82 Å². The maximum Gasteiger partial charge on any atom is 0.129 e. The molecule has 1 aromatic rings. The van der Waals surface area contributed by atoms with E-state index in [0.717, 1.165) is 30.5 Å². The Morgan fingerprint density at radius 3 is 2.67 bits per heavy atom. The van der Waals surface area contributed by atoms with E-state index < -0.39 is 0 Å². The molecule has 0 aromatic carbocycles. The third-order valence-electron chi connectivity index (χ3n) is 4.49. The van der Waals surface area contributed by atoms with E-state index >= 15 is 0 Å². The zero-order chi connectivity index (χ0) is 15.6. The van der Waals surface area contributed by atoms with Gasteiger partial charge >= 0.3 is 0 Å². The van der Waals surface area contributed by atoms with E-state index in [4.69, 9.17) is 4.98 Å². The minimum absolute atomic E-state index is 0.143. The van der Waals surface area contributed by atoms with Crippen LogP contribution in [0, 0.1) is 12.8 Å². The molecule has 21 heavy (non-hydrogen) atoms. The summed E-state index contributed by atoms with van der Waals surface area (Å²) in [6, 6.07) is 5.04. The van der Waals surface area contributed by atoms with Gasteiger partial charge in [-0.3, -0.25) is 0 Å². The zero-order valence-electron chi connectivity index (χ0n) is 14.5. The van der Waals surface area contributed by atoms with Crippen molar-refractivity contribution in [1.29, 1.82) is 0 Å². The van der Waals surface area contributed by atoms with Gasteiger partial charge in [0.2, 0.25) is 0 Å². The Kier molecular flexibility index (Phi) is 4.92. The number of rotatable bonds is 3. The standard InChI is InChI=1S/C18H31N3/c1-13-8-7-9-21(15(13)3)17-11-16(10-14(2)20-17)12-19-18(4,5)6/h10-11,13,15,19H,7-9,12H2,1-6H3. The zero-order valence-corrected chi connectivity index (χ0v) is 14.5. The number of nitrogens with zero attached hydrogens (tertiary/aromatic N) is 2. The van der Waals surface area contributed by atoms with E-state index in [1.165, 1.54) is 18.4 Å². The molecule has 0 spiro atoms. The Labute approximate surface area is 130 Å². The number of aromatic nitrogens is 1. The van der Waals surface area contributed by atoms with E-state index in [0.29, 0.717) is 6.04 Å². The van der Waals surface area contributed by atoms with E-state index in [-0.39, 0.29) is 5.54 Å². The number of pyridine rings is 1. The molecule has 3 heteroatoms. The van der Waals surface area contributed by atoms with Gasteiger partial charge < -0.3 is 10.2 Å². The van der Waals surface area contributed by atoms with Crippen LogP contribution >= 0.6 is 0 Å². The average molecular weight is 289 g/mol. The fourth-order valence-electron chi connectivity index (χ4n) is 3.00. The van der Waals surface area contributed by atoms with Crippen LogP contribution in [0.2, 0.25) is 0 Å². The van der Waals surface area contributed by atoms with Crippen LogP contribution in [-0.2, 0) is 6.54 Å². The van der Waals surface area contributed by atoms with Crippen molar-refractivity contribution in [2.75, 3.05) is 11.4 Å². The van der Waals surface area contributed by atoms with Crippen molar-refractivity contribution in [2.45, 2.75) is 72.5 Å². The lowest BCUT2D eigenvalue weighted by molar-refractivity contribution is 0.361. The highest BCUT2D eigenvalue weighted by atomic mass is 15.2. The van der Waals surface area contributed by atoms with Gasteiger partial charge in [-0.05, 0) is 71.1 Å². The molecule has 2 heterocycles. The van der Waals surface area contributed by atoms with Crippen LogP contribution in [-0.4, -0.2) is 23.1 Å². The summed E-state index contributed by atoms with van der Waals surface area (Å²) in [5.74, 6) is 1.90. The third-order valence-corrected chi connectivity index (χ3v) is 4.49. The molecule has 1 aromatic heterocycles. The van der Waals surface area contributed by atoms with Gasteiger partial charge in [0.15, 0.2) is 0 Å². The van der Waals surface area contributed by atoms with Crippen molar-refractivity contribution in [2.24, 2.45) is 5.92 Å². The van der Waals surface area contributed by atoms with Crippen molar-refractivity contribution >= 4 is 5.82 Å². The second-order valence-corrected chi connectivity index (χ2v) is 7.63. The molecular weight excluding hydrogens is 258 g/mol. The second-order valence-electron chi connectivity index (χ2n) is 7.63.